The average molecular weight is 572 g/mol. The number of carboxylic acids is 1. The van der Waals surface area contributed by atoms with Gasteiger partial charge in [0.05, 0.1) is 13.7 Å². The van der Waals surface area contributed by atoms with E-state index in [0.717, 1.165) is 51.7 Å². The van der Waals surface area contributed by atoms with Gasteiger partial charge in [-0.15, -0.1) is 0 Å². The Balaban J connectivity index is 1.29. The first-order valence-electron chi connectivity index (χ1n) is 14.0. The number of benzene rings is 3. The van der Waals surface area contributed by atoms with Crippen molar-refractivity contribution in [3.8, 4) is 34.0 Å². The molecule has 0 bridgehead atoms. The molecule has 0 aliphatic rings. The number of unbranched alkanes of at least 4 members (excludes halogenated alkanes) is 4. The Kier molecular flexibility index (Phi) is 11.6. The number of carboxylic acid groups (broad SMARTS) is 1. The van der Waals surface area contributed by atoms with Crippen molar-refractivity contribution in [2.24, 2.45) is 0 Å². The van der Waals surface area contributed by atoms with Crippen molar-refractivity contribution in [2.45, 2.75) is 56.4 Å². The minimum Gasteiger partial charge on any atom is -0.497 e. The zero-order valence-electron chi connectivity index (χ0n) is 23.6. The molecule has 3 aromatic carbocycles. The Bertz CT molecular complexity index is 1350. The van der Waals surface area contributed by atoms with Crippen LogP contribution in [0.2, 0.25) is 0 Å². The fourth-order valence-electron chi connectivity index (χ4n) is 4.25. The Morgan fingerprint density at radius 1 is 0.829 bits per heavy atom. The van der Waals surface area contributed by atoms with Crippen LogP contribution in [0.3, 0.4) is 0 Å². The van der Waals surface area contributed by atoms with Gasteiger partial charge in [-0.25, -0.2) is 14.7 Å². The van der Waals surface area contributed by atoms with Crippen LogP contribution in [0.25, 0.3) is 22.5 Å². The number of nitrogens with one attached hydrogen (secondary N) is 1. The molecule has 4 rings (SSSR count). The normalized spacial score (nSPS) is 11.7. The standard InChI is InChI=1S/C33H37N3O4S/c1-3-4-5-6-7-20-40-29-14-12-25(13-15-29)27-22-34-32(35-23-27)26-10-8-24(9-11-26)21-31(33(37)38)36-41-30-18-16-28(39-2)17-19-30/h8-19,22-23,31,36H,3-7,20-21H2,1-2H3,(H,37,38). The summed E-state index contributed by atoms with van der Waals surface area (Å²) in [6.07, 6.45) is 10.1. The van der Waals surface area contributed by atoms with Crippen LogP contribution in [0.15, 0.2) is 90.1 Å². The monoisotopic (exact) mass is 571 g/mol. The van der Waals surface area contributed by atoms with E-state index in [4.69, 9.17) is 9.47 Å². The summed E-state index contributed by atoms with van der Waals surface area (Å²) < 4.78 is 14.1. The molecular weight excluding hydrogens is 534 g/mol. The van der Waals surface area contributed by atoms with E-state index in [2.05, 4.69) is 21.6 Å². The lowest BCUT2D eigenvalue weighted by Crippen LogP contribution is -2.34. The van der Waals surface area contributed by atoms with Crippen molar-refractivity contribution in [1.82, 2.24) is 14.7 Å². The van der Waals surface area contributed by atoms with Crippen LogP contribution in [-0.2, 0) is 11.2 Å². The van der Waals surface area contributed by atoms with Crippen molar-refractivity contribution in [3.63, 3.8) is 0 Å². The van der Waals surface area contributed by atoms with E-state index < -0.39 is 12.0 Å². The summed E-state index contributed by atoms with van der Waals surface area (Å²) in [6.45, 7) is 2.97. The maximum Gasteiger partial charge on any atom is 0.321 e. The highest BCUT2D eigenvalue weighted by atomic mass is 32.2. The molecule has 0 saturated heterocycles. The smallest absolute Gasteiger partial charge is 0.321 e. The molecule has 0 aliphatic heterocycles. The molecule has 1 unspecified atom stereocenters. The molecule has 0 spiro atoms. The average Bonchev–Trinajstić information content (AvgIpc) is 3.02. The largest absolute Gasteiger partial charge is 0.497 e. The lowest BCUT2D eigenvalue weighted by molar-refractivity contribution is -0.138. The van der Waals surface area contributed by atoms with Gasteiger partial charge >= 0.3 is 5.97 Å². The Labute approximate surface area is 246 Å². The Hall–Kier alpha value is -3.88. The van der Waals surface area contributed by atoms with E-state index in [-0.39, 0.29) is 0 Å². The second kappa shape index (κ2) is 15.8. The SMILES string of the molecule is CCCCCCCOc1ccc(-c2cnc(-c3ccc(CC(NSc4ccc(OC)cc4)C(=O)O)cc3)nc2)cc1. The highest BCUT2D eigenvalue weighted by Crippen LogP contribution is 2.24. The fraction of sp³-hybridized carbons (Fsp3) is 0.303. The third-order valence-corrected chi connectivity index (χ3v) is 7.59. The van der Waals surface area contributed by atoms with Crippen LogP contribution in [-0.4, -0.2) is 40.8 Å². The van der Waals surface area contributed by atoms with Gasteiger partial charge < -0.3 is 14.6 Å². The van der Waals surface area contributed by atoms with E-state index in [0.29, 0.717) is 12.2 Å². The number of ether oxygens (including phenoxy) is 2. The molecule has 0 amide bonds. The first-order valence-corrected chi connectivity index (χ1v) is 14.8. The quantitative estimate of drug-likeness (QED) is 0.106. The van der Waals surface area contributed by atoms with Crippen LogP contribution in [0.4, 0.5) is 0 Å². The maximum absolute atomic E-state index is 11.8. The summed E-state index contributed by atoms with van der Waals surface area (Å²) >= 11 is 1.29. The zero-order chi connectivity index (χ0) is 28.9. The molecule has 0 radical (unpaired) electrons. The molecule has 0 aliphatic carbocycles. The van der Waals surface area contributed by atoms with Gasteiger partial charge in [-0.1, -0.05) is 69.0 Å². The Morgan fingerprint density at radius 3 is 2.10 bits per heavy atom. The first kappa shape index (κ1) is 30.1. The molecule has 0 fully saturated rings. The topological polar surface area (TPSA) is 93.6 Å². The van der Waals surface area contributed by atoms with Crippen LogP contribution >= 0.6 is 11.9 Å². The highest BCUT2D eigenvalue weighted by molar-refractivity contribution is 7.97. The lowest BCUT2D eigenvalue weighted by atomic mass is 10.0. The number of nitrogens with zero attached hydrogens (tertiary/aromatic N) is 2. The summed E-state index contributed by atoms with van der Waals surface area (Å²) in [5, 5.41) is 9.71. The van der Waals surface area contributed by atoms with Gasteiger partial charge in [0.2, 0.25) is 0 Å². The van der Waals surface area contributed by atoms with Gasteiger partial charge in [0, 0.05) is 28.4 Å². The number of rotatable bonds is 16. The minimum absolute atomic E-state index is 0.344. The van der Waals surface area contributed by atoms with Gasteiger partial charge in [-0.3, -0.25) is 4.79 Å². The summed E-state index contributed by atoms with van der Waals surface area (Å²) in [5.74, 6) is 1.34. The number of aliphatic carboxylic acids is 1. The predicted molar refractivity (Wildman–Crippen MR) is 164 cm³/mol. The molecule has 214 valence electrons. The summed E-state index contributed by atoms with van der Waals surface area (Å²) in [6, 6.07) is 22.4. The van der Waals surface area contributed by atoms with Crippen molar-refractivity contribution in [1.29, 1.82) is 0 Å². The van der Waals surface area contributed by atoms with Gasteiger partial charge in [-0.05, 0) is 72.3 Å². The summed E-state index contributed by atoms with van der Waals surface area (Å²) in [7, 11) is 1.61. The van der Waals surface area contributed by atoms with Gasteiger partial charge in [0.1, 0.15) is 17.5 Å². The van der Waals surface area contributed by atoms with Crippen LogP contribution in [0, 0.1) is 0 Å². The van der Waals surface area contributed by atoms with Crippen LogP contribution in [0.1, 0.15) is 44.6 Å². The molecule has 4 aromatic rings. The second-order valence-corrected chi connectivity index (χ2v) is 10.7. The van der Waals surface area contributed by atoms with Gasteiger partial charge in [0.15, 0.2) is 5.82 Å². The molecule has 1 aromatic heterocycles. The molecule has 0 saturated carbocycles. The zero-order valence-corrected chi connectivity index (χ0v) is 24.4. The molecule has 7 nitrogen and oxygen atoms in total. The molecule has 1 heterocycles. The van der Waals surface area contributed by atoms with E-state index in [1.807, 2.05) is 85.2 Å². The number of carbonyl (C=O) groups is 1. The third kappa shape index (κ3) is 9.33. The Morgan fingerprint density at radius 2 is 1.46 bits per heavy atom. The molecule has 2 N–H and O–H groups in total. The van der Waals surface area contributed by atoms with Crippen molar-refractivity contribution in [2.75, 3.05) is 13.7 Å². The number of hydrogen-bond acceptors (Lipinski definition) is 7. The van der Waals surface area contributed by atoms with E-state index in [9.17, 15) is 9.90 Å². The van der Waals surface area contributed by atoms with E-state index in [1.165, 1.54) is 37.6 Å². The maximum atomic E-state index is 11.8. The molecular formula is C33H37N3O4S. The van der Waals surface area contributed by atoms with Gasteiger partial charge in [0.25, 0.3) is 0 Å². The third-order valence-electron chi connectivity index (χ3n) is 6.68. The highest BCUT2D eigenvalue weighted by Gasteiger charge is 2.18. The number of methoxy groups -OCH3 is 1. The van der Waals surface area contributed by atoms with Crippen LogP contribution in [0.5, 0.6) is 11.5 Å². The second-order valence-electron chi connectivity index (χ2n) is 9.77. The van der Waals surface area contributed by atoms with Crippen molar-refractivity contribution >= 4 is 17.9 Å². The minimum atomic E-state index is -0.906. The fourth-order valence-corrected chi connectivity index (χ4v) is 4.99. The van der Waals surface area contributed by atoms with Crippen LogP contribution < -0.4 is 14.2 Å². The van der Waals surface area contributed by atoms with Gasteiger partial charge in [-0.2, -0.15) is 0 Å². The van der Waals surface area contributed by atoms with Crippen molar-refractivity contribution < 1.29 is 19.4 Å². The summed E-state index contributed by atoms with van der Waals surface area (Å²) in [4.78, 5) is 21.9. The number of aromatic nitrogens is 2. The first-order chi connectivity index (χ1) is 20.1. The van der Waals surface area contributed by atoms with E-state index >= 15 is 0 Å². The molecule has 1 atom stereocenters. The summed E-state index contributed by atoms with van der Waals surface area (Å²) in [5.41, 5.74) is 3.74. The number of hydrogen-bond donors (Lipinski definition) is 2. The lowest BCUT2D eigenvalue weighted by Gasteiger charge is -2.14. The van der Waals surface area contributed by atoms with E-state index in [1.54, 1.807) is 7.11 Å². The molecule has 8 heteroatoms. The molecule has 41 heavy (non-hydrogen) atoms. The van der Waals surface area contributed by atoms with Crippen molar-refractivity contribution in [3.05, 3.63) is 90.8 Å². The predicted octanol–water partition coefficient (Wildman–Crippen LogP) is 7.46.